The van der Waals surface area contributed by atoms with E-state index >= 15 is 0 Å². The molecule has 2 aliphatic rings. The highest BCUT2D eigenvalue weighted by Gasteiger charge is 2.27. The first-order valence-electron chi connectivity index (χ1n) is 12.6. The molecule has 0 fully saturated rings. The monoisotopic (exact) mass is 628 g/mol. The largest absolute Gasteiger partial charge is 0.465 e. The Kier molecular flexibility index (Phi) is 6.10. The summed E-state index contributed by atoms with van der Waals surface area (Å²) in [5.41, 5.74) is 10.3. The minimum absolute atomic E-state index is 0.0205. The minimum Gasteiger partial charge on any atom is -0.465 e. The number of carbonyl (C=O) groups excluding carboxylic acids is 1. The van der Waals surface area contributed by atoms with Crippen LogP contribution in [0, 0.1) is 0 Å². The van der Waals surface area contributed by atoms with Gasteiger partial charge >= 0.3 is 5.97 Å². The van der Waals surface area contributed by atoms with Gasteiger partial charge in [-0.25, -0.2) is 4.79 Å². The van der Waals surface area contributed by atoms with Crippen molar-refractivity contribution in [1.29, 1.82) is 0 Å². The number of nitrogens with one attached hydrogen (secondary N) is 2. The number of thiophene rings is 2. The number of methoxy groups -OCH3 is 1. The first-order valence-corrected chi connectivity index (χ1v) is 15.6. The number of alkyl halides is 1. The van der Waals surface area contributed by atoms with E-state index in [1.54, 1.807) is 17.4 Å². The van der Waals surface area contributed by atoms with Gasteiger partial charge in [0.1, 0.15) is 0 Å². The SMILES string of the molecule is COC(=O)c1cccc2c1Cc1c-2[nH]c(=O)c2cscc12.O=c1[nH]c2c(c3cscc13)Cc1c(CBr)cccc1-2. The summed E-state index contributed by atoms with van der Waals surface area (Å²) < 4.78 is 4.85. The Labute approximate surface area is 244 Å². The van der Waals surface area contributed by atoms with Gasteiger partial charge in [-0.1, -0.05) is 46.3 Å². The first kappa shape index (κ1) is 25.2. The summed E-state index contributed by atoms with van der Waals surface area (Å²) in [5.74, 6) is -0.344. The van der Waals surface area contributed by atoms with Gasteiger partial charge in [-0.15, -0.1) is 0 Å². The lowest BCUT2D eigenvalue weighted by Gasteiger charge is -2.05. The number of aromatic amines is 2. The fourth-order valence-electron chi connectivity index (χ4n) is 5.89. The Bertz CT molecular complexity index is 2120. The van der Waals surface area contributed by atoms with Gasteiger partial charge in [0.15, 0.2) is 0 Å². The van der Waals surface area contributed by atoms with Crippen molar-refractivity contribution in [3.05, 3.63) is 112 Å². The quantitative estimate of drug-likeness (QED) is 0.159. The summed E-state index contributed by atoms with van der Waals surface area (Å²) in [7, 11) is 1.38. The molecule has 4 heterocycles. The fourth-order valence-corrected chi connectivity index (χ4v) is 8.10. The van der Waals surface area contributed by atoms with E-state index in [2.05, 4.69) is 49.5 Å². The summed E-state index contributed by atoms with van der Waals surface area (Å²) in [6, 6.07) is 11.8. The Morgan fingerprint density at radius 2 is 1.30 bits per heavy atom. The second-order valence-corrected chi connectivity index (χ2v) is 11.8. The van der Waals surface area contributed by atoms with Crippen LogP contribution in [0.15, 0.2) is 67.5 Å². The number of hydrogen-bond donors (Lipinski definition) is 2. The maximum atomic E-state index is 12.1. The summed E-state index contributed by atoms with van der Waals surface area (Å²) in [4.78, 5) is 42.2. The average molecular weight is 630 g/mol. The zero-order valence-corrected chi connectivity index (χ0v) is 24.4. The highest BCUT2D eigenvalue weighted by molar-refractivity contribution is 9.08. The molecule has 0 atom stereocenters. The van der Waals surface area contributed by atoms with Gasteiger partial charge in [0.2, 0.25) is 0 Å². The van der Waals surface area contributed by atoms with E-state index in [0.717, 1.165) is 56.0 Å². The molecule has 2 aliphatic carbocycles. The number of esters is 1. The second kappa shape index (κ2) is 9.69. The zero-order valence-electron chi connectivity index (χ0n) is 21.2. The molecule has 6 aromatic rings. The topological polar surface area (TPSA) is 92.0 Å². The molecular formula is C31H21BrN2O4S2. The number of benzene rings is 2. The number of hydrogen-bond acceptors (Lipinski definition) is 6. The van der Waals surface area contributed by atoms with E-state index in [1.807, 2.05) is 28.3 Å². The van der Waals surface area contributed by atoms with E-state index in [1.165, 1.54) is 40.7 Å². The molecule has 0 amide bonds. The van der Waals surface area contributed by atoms with Crippen molar-refractivity contribution in [2.24, 2.45) is 0 Å². The number of fused-ring (bicyclic) bond motifs is 10. The summed E-state index contributed by atoms with van der Waals surface area (Å²) >= 11 is 6.65. The van der Waals surface area contributed by atoms with Crippen molar-refractivity contribution in [3.63, 3.8) is 0 Å². The Hall–Kier alpha value is -3.79. The minimum atomic E-state index is -0.344. The van der Waals surface area contributed by atoms with E-state index in [-0.39, 0.29) is 17.1 Å². The molecule has 9 heteroatoms. The maximum absolute atomic E-state index is 12.1. The van der Waals surface area contributed by atoms with Crippen molar-refractivity contribution >= 4 is 66.1 Å². The average Bonchev–Trinajstić information content (AvgIpc) is 3.77. The molecule has 0 aliphatic heterocycles. The third-order valence-corrected chi connectivity index (χ3v) is 9.88. The lowest BCUT2D eigenvalue weighted by Crippen LogP contribution is -2.07. The molecule has 4 aromatic heterocycles. The fraction of sp³-hybridized carbons (Fsp3) is 0.129. The number of carbonyl (C=O) groups is 1. The van der Waals surface area contributed by atoms with Gasteiger partial charge in [-0.3, -0.25) is 9.59 Å². The molecule has 2 N–H and O–H groups in total. The van der Waals surface area contributed by atoms with Crippen LogP contribution >= 0.6 is 38.6 Å². The molecule has 8 rings (SSSR count). The predicted octanol–water partition coefficient (Wildman–Crippen LogP) is 7.00. The number of ether oxygens (including phenoxy) is 1. The van der Waals surface area contributed by atoms with Crippen molar-refractivity contribution < 1.29 is 9.53 Å². The van der Waals surface area contributed by atoms with Crippen LogP contribution < -0.4 is 11.1 Å². The van der Waals surface area contributed by atoms with Crippen molar-refractivity contribution in [2.45, 2.75) is 18.2 Å². The normalized spacial score (nSPS) is 12.4. The van der Waals surface area contributed by atoms with Crippen LogP contribution in [0.25, 0.3) is 44.1 Å². The van der Waals surface area contributed by atoms with E-state index < -0.39 is 0 Å². The van der Waals surface area contributed by atoms with Crippen LogP contribution in [0.3, 0.4) is 0 Å². The molecular weight excluding hydrogens is 608 g/mol. The lowest BCUT2D eigenvalue weighted by molar-refractivity contribution is 0.0600. The smallest absolute Gasteiger partial charge is 0.338 e. The van der Waals surface area contributed by atoms with E-state index in [0.29, 0.717) is 17.4 Å². The van der Waals surface area contributed by atoms with Gasteiger partial charge < -0.3 is 14.7 Å². The van der Waals surface area contributed by atoms with E-state index in [4.69, 9.17) is 4.74 Å². The van der Waals surface area contributed by atoms with Crippen molar-refractivity contribution in [1.82, 2.24) is 9.97 Å². The number of rotatable bonds is 2. The molecule has 0 bridgehead atoms. The Morgan fingerprint density at radius 1 is 0.775 bits per heavy atom. The number of halogens is 1. The molecule has 2 aromatic carbocycles. The summed E-state index contributed by atoms with van der Waals surface area (Å²) in [6.45, 7) is 0. The van der Waals surface area contributed by atoms with Gasteiger partial charge in [0, 0.05) is 50.8 Å². The molecule has 0 saturated heterocycles. The number of H-pyrrole nitrogens is 2. The van der Waals surface area contributed by atoms with Crippen LogP contribution in [0.4, 0.5) is 0 Å². The second-order valence-electron chi connectivity index (χ2n) is 9.77. The van der Waals surface area contributed by atoms with Crippen molar-refractivity contribution in [2.75, 3.05) is 7.11 Å². The first-order chi connectivity index (χ1) is 19.5. The van der Waals surface area contributed by atoms with Crippen LogP contribution in [0.1, 0.15) is 38.2 Å². The van der Waals surface area contributed by atoms with Gasteiger partial charge in [0.25, 0.3) is 11.1 Å². The molecule has 0 unspecified atom stereocenters. The van der Waals surface area contributed by atoms with Crippen LogP contribution in [-0.4, -0.2) is 23.0 Å². The van der Waals surface area contributed by atoms with Crippen LogP contribution in [0.5, 0.6) is 0 Å². The molecule has 198 valence electrons. The van der Waals surface area contributed by atoms with Crippen LogP contribution in [0.2, 0.25) is 0 Å². The third-order valence-electron chi connectivity index (χ3n) is 7.79. The molecule has 6 nitrogen and oxygen atoms in total. The lowest BCUT2D eigenvalue weighted by atomic mass is 10.0. The maximum Gasteiger partial charge on any atom is 0.338 e. The number of pyridine rings is 2. The standard InChI is InChI=1S/C16H11NO3S.C15H10BrNOS/c1-20-16(19)9-4-2-3-8-10(9)5-11-12-6-21-7-13(12)15(18)17-14(8)11;16-5-8-2-1-3-9-10(8)4-11-12-6-19-7-13(12)15(18)17-14(9)11/h2-4,6-7H,5H2,1H3,(H,17,18);1-3,6-7H,4-5H2,(H,17,18). The Morgan fingerprint density at radius 3 is 1.88 bits per heavy atom. The summed E-state index contributed by atoms with van der Waals surface area (Å²) in [5, 5.41) is 12.3. The van der Waals surface area contributed by atoms with Gasteiger partial charge in [-0.2, -0.15) is 22.7 Å². The zero-order chi connectivity index (χ0) is 27.5. The van der Waals surface area contributed by atoms with E-state index in [9.17, 15) is 14.4 Å². The molecule has 0 radical (unpaired) electrons. The van der Waals surface area contributed by atoms with Crippen LogP contribution in [-0.2, 0) is 22.9 Å². The highest BCUT2D eigenvalue weighted by atomic mass is 79.9. The van der Waals surface area contributed by atoms with Crippen molar-refractivity contribution in [3.8, 4) is 22.5 Å². The molecule has 0 saturated carbocycles. The van der Waals surface area contributed by atoms with Gasteiger partial charge in [0.05, 0.1) is 34.8 Å². The van der Waals surface area contributed by atoms with Gasteiger partial charge in [-0.05, 0) is 44.6 Å². The molecule has 40 heavy (non-hydrogen) atoms. The third kappa shape index (κ3) is 3.76. The molecule has 0 spiro atoms. The Balaban J connectivity index is 0.000000133. The summed E-state index contributed by atoms with van der Waals surface area (Å²) in [6.07, 6.45) is 1.55. The predicted molar refractivity (Wildman–Crippen MR) is 165 cm³/mol. The number of aromatic nitrogens is 2. The highest BCUT2D eigenvalue weighted by Crippen LogP contribution is 2.41.